The van der Waals surface area contributed by atoms with Crippen LogP contribution >= 0.6 is 0 Å². The highest BCUT2D eigenvalue weighted by Crippen LogP contribution is 2.24. The predicted molar refractivity (Wildman–Crippen MR) is 94.7 cm³/mol. The standard InChI is InChI=1S/C19H34N2/c1-7-11-16(5)19(8-2)17(6)21-14-12-18(13-15-21)20(9-3)10-4/h7-8,11,17-18H,1,9-10,12-15H2,2-6H3. The molecule has 2 heteroatoms. The quantitative estimate of drug-likeness (QED) is 0.646. The molecule has 1 saturated heterocycles. The molecule has 0 saturated carbocycles. The van der Waals surface area contributed by atoms with Crippen molar-refractivity contribution in [2.75, 3.05) is 26.2 Å². The van der Waals surface area contributed by atoms with Crippen molar-refractivity contribution >= 4 is 0 Å². The molecule has 1 aliphatic rings. The summed E-state index contributed by atoms with van der Waals surface area (Å²) in [6.45, 7) is 19.8. The molecule has 2 nitrogen and oxygen atoms in total. The van der Waals surface area contributed by atoms with Crippen LogP contribution in [0.4, 0.5) is 0 Å². The van der Waals surface area contributed by atoms with Crippen LogP contribution in [0.15, 0.2) is 36.0 Å². The lowest BCUT2D eigenvalue weighted by Crippen LogP contribution is -2.47. The van der Waals surface area contributed by atoms with Crippen LogP contribution in [0.1, 0.15) is 47.5 Å². The van der Waals surface area contributed by atoms with Crippen LogP contribution in [-0.4, -0.2) is 48.1 Å². The smallest absolute Gasteiger partial charge is 0.0319 e. The summed E-state index contributed by atoms with van der Waals surface area (Å²) in [7, 11) is 0. The maximum absolute atomic E-state index is 3.81. The Hall–Kier alpha value is -0.860. The molecule has 1 aliphatic heterocycles. The summed E-state index contributed by atoms with van der Waals surface area (Å²) >= 11 is 0. The van der Waals surface area contributed by atoms with Gasteiger partial charge in [-0.15, -0.1) is 0 Å². The van der Waals surface area contributed by atoms with E-state index in [9.17, 15) is 0 Å². The second-order valence-corrected chi connectivity index (χ2v) is 5.99. The fourth-order valence-electron chi connectivity index (χ4n) is 3.65. The fraction of sp³-hybridized carbons (Fsp3) is 0.684. The topological polar surface area (TPSA) is 6.48 Å². The molecule has 0 aliphatic carbocycles. The van der Waals surface area contributed by atoms with E-state index >= 15 is 0 Å². The summed E-state index contributed by atoms with van der Waals surface area (Å²) < 4.78 is 0. The maximum Gasteiger partial charge on any atom is 0.0319 e. The Morgan fingerprint density at radius 2 is 1.86 bits per heavy atom. The van der Waals surface area contributed by atoms with Gasteiger partial charge in [-0.3, -0.25) is 4.90 Å². The SMILES string of the molecule is C=CC=C(C)C(=CC)C(C)N1CCC(N(CC)CC)CC1. The summed E-state index contributed by atoms with van der Waals surface area (Å²) in [5.74, 6) is 0. The van der Waals surface area contributed by atoms with Crippen LogP contribution in [0.3, 0.4) is 0 Å². The molecule has 0 bridgehead atoms. The Bertz CT molecular complexity index is 369. The van der Waals surface area contributed by atoms with E-state index in [1.165, 1.54) is 50.2 Å². The lowest BCUT2D eigenvalue weighted by atomic mass is 9.95. The van der Waals surface area contributed by atoms with Crippen molar-refractivity contribution in [2.24, 2.45) is 0 Å². The highest BCUT2D eigenvalue weighted by atomic mass is 15.2. The third kappa shape index (κ3) is 4.82. The molecule has 0 radical (unpaired) electrons. The van der Waals surface area contributed by atoms with Crippen LogP contribution in [0.5, 0.6) is 0 Å². The number of hydrogen-bond donors (Lipinski definition) is 0. The highest BCUT2D eigenvalue weighted by molar-refractivity contribution is 5.35. The number of hydrogen-bond acceptors (Lipinski definition) is 2. The highest BCUT2D eigenvalue weighted by Gasteiger charge is 2.26. The third-order valence-electron chi connectivity index (χ3n) is 4.96. The summed E-state index contributed by atoms with van der Waals surface area (Å²) in [5.41, 5.74) is 2.78. The number of likely N-dealkylation sites (tertiary alicyclic amines) is 1. The first-order chi connectivity index (χ1) is 10.1. The van der Waals surface area contributed by atoms with Gasteiger partial charge in [-0.2, -0.15) is 0 Å². The zero-order valence-corrected chi connectivity index (χ0v) is 14.7. The second-order valence-electron chi connectivity index (χ2n) is 5.99. The first-order valence-corrected chi connectivity index (χ1v) is 8.52. The third-order valence-corrected chi connectivity index (χ3v) is 4.96. The lowest BCUT2D eigenvalue weighted by molar-refractivity contribution is 0.103. The van der Waals surface area contributed by atoms with Gasteiger partial charge in [0, 0.05) is 25.2 Å². The van der Waals surface area contributed by atoms with Gasteiger partial charge in [0.1, 0.15) is 0 Å². The van der Waals surface area contributed by atoms with E-state index < -0.39 is 0 Å². The van der Waals surface area contributed by atoms with Crippen molar-refractivity contribution in [3.8, 4) is 0 Å². The van der Waals surface area contributed by atoms with Gasteiger partial charge in [0.15, 0.2) is 0 Å². The largest absolute Gasteiger partial charge is 0.301 e. The summed E-state index contributed by atoms with van der Waals surface area (Å²) in [4.78, 5) is 5.25. The van der Waals surface area contributed by atoms with Gasteiger partial charge in [-0.25, -0.2) is 0 Å². The fourth-order valence-corrected chi connectivity index (χ4v) is 3.65. The molecule has 1 rings (SSSR count). The Morgan fingerprint density at radius 1 is 1.29 bits per heavy atom. The van der Waals surface area contributed by atoms with E-state index in [4.69, 9.17) is 0 Å². The minimum absolute atomic E-state index is 0.504. The minimum Gasteiger partial charge on any atom is -0.301 e. The zero-order valence-electron chi connectivity index (χ0n) is 14.7. The molecule has 1 unspecified atom stereocenters. The summed E-state index contributed by atoms with van der Waals surface area (Å²) in [6.07, 6.45) is 8.86. The van der Waals surface area contributed by atoms with Gasteiger partial charge < -0.3 is 4.90 Å². The first kappa shape index (κ1) is 18.2. The van der Waals surface area contributed by atoms with E-state index in [0.29, 0.717) is 6.04 Å². The average molecular weight is 290 g/mol. The molecule has 0 spiro atoms. The summed E-state index contributed by atoms with van der Waals surface area (Å²) in [5, 5.41) is 0. The zero-order chi connectivity index (χ0) is 15.8. The normalized spacial score (nSPS) is 20.9. The van der Waals surface area contributed by atoms with Crippen molar-refractivity contribution in [3.05, 3.63) is 36.0 Å². The van der Waals surface area contributed by atoms with E-state index in [2.05, 4.69) is 63.1 Å². The molecule has 0 aromatic rings. The van der Waals surface area contributed by atoms with Gasteiger partial charge >= 0.3 is 0 Å². The van der Waals surface area contributed by atoms with Crippen molar-refractivity contribution in [1.82, 2.24) is 9.80 Å². The van der Waals surface area contributed by atoms with Gasteiger partial charge in [0.2, 0.25) is 0 Å². The molecule has 0 aromatic carbocycles. The van der Waals surface area contributed by atoms with Crippen molar-refractivity contribution < 1.29 is 0 Å². The van der Waals surface area contributed by atoms with Crippen LogP contribution in [0.2, 0.25) is 0 Å². The van der Waals surface area contributed by atoms with Crippen LogP contribution in [0.25, 0.3) is 0 Å². The van der Waals surface area contributed by atoms with Crippen LogP contribution < -0.4 is 0 Å². The monoisotopic (exact) mass is 290 g/mol. The van der Waals surface area contributed by atoms with E-state index in [1.807, 2.05) is 6.08 Å². The van der Waals surface area contributed by atoms with Crippen LogP contribution in [0, 0.1) is 0 Å². The maximum atomic E-state index is 3.81. The molecule has 1 heterocycles. The predicted octanol–water partition coefficient (Wildman–Crippen LogP) is 4.26. The summed E-state index contributed by atoms with van der Waals surface area (Å²) in [6, 6.07) is 1.28. The Kier molecular flexibility index (Phi) is 7.98. The Balaban J connectivity index is 2.64. The van der Waals surface area contributed by atoms with E-state index in [1.54, 1.807) is 0 Å². The molecule has 21 heavy (non-hydrogen) atoms. The van der Waals surface area contributed by atoms with Crippen molar-refractivity contribution in [1.29, 1.82) is 0 Å². The van der Waals surface area contributed by atoms with Crippen molar-refractivity contribution in [3.63, 3.8) is 0 Å². The molecule has 0 aromatic heterocycles. The number of allylic oxidation sites excluding steroid dienone is 3. The minimum atomic E-state index is 0.504. The molecular formula is C19H34N2. The Labute approximate surface area is 132 Å². The van der Waals surface area contributed by atoms with Gasteiger partial charge in [0.05, 0.1) is 0 Å². The van der Waals surface area contributed by atoms with Crippen LogP contribution in [-0.2, 0) is 0 Å². The number of rotatable bonds is 7. The van der Waals surface area contributed by atoms with Gasteiger partial charge in [0.25, 0.3) is 0 Å². The van der Waals surface area contributed by atoms with Crippen molar-refractivity contribution in [2.45, 2.75) is 59.5 Å². The second kappa shape index (κ2) is 9.22. The Morgan fingerprint density at radius 3 is 2.29 bits per heavy atom. The van der Waals surface area contributed by atoms with Gasteiger partial charge in [-0.1, -0.05) is 38.7 Å². The van der Waals surface area contributed by atoms with E-state index in [-0.39, 0.29) is 0 Å². The first-order valence-electron chi connectivity index (χ1n) is 8.52. The molecular weight excluding hydrogens is 256 g/mol. The molecule has 0 N–H and O–H groups in total. The van der Waals surface area contributed by atoms with E-state index in [0.717, 1.165) is 6.04 Å². The number of piperidine rings is 1. The average Bonchev–Trinajstić information content (AvgIpc) is 2.50. The van der Waals surface area contributed by atoms with Gasteiger partial charge in [-0.05, 0) is 57.8 Å². The molecule has 1 atom stereocenters. The molecule has 0 amide bonds. The molecule has 1 fully saturated rings. The lowest BCUT2D eigenvalue weighted by Gasteiger charge is -2.41. The molecule has 120 valence electrons. The number of nitrogens with zero attached hydrogens (tertiary/aromatic N) is 2.